The third-order valence-corrected chi connectivity index (χ3v) is 5.71. The summed E-state index contributed by atoms with van der Waals surface area (Å²) in [6, 6.07) is 11.0. The molecule has 1 aliphatic heterocycles. The number of hydrogen-bond donors (Lipinski definition) is 0. The van der Waals surface area contributed by atoms with Crippen molar-refractivity contribution in [1.82, 2.24) is 15.0 Å². The van der Waals surface area contributed by atoms with Crippen LogP contribution in [-0.2, 0) is 11.2 Å². The summed E-state index contributed by atoms with van der Waals surface area (Å²) in [5.41, 5.74) is 3.61. The van der Waals surface area contributed by atoms with Crippen molar-refractivity contribution in [2.24, 2.45) is 0 Å². The molecule has 29 heavy (non-hydrogen) atoms. The molecule has 1 saturated heterocycles. The molecule has 0 spiro atoms. The van der Waals surface area contributed by atoms with Gasteiger partial charge in [0.25, 0.3) is 0 Å². The quantitative estimate of drug-likeness (QED) is 0.578. The molecular weight excluding hydrogens is 366 g/mol. The Morgan fingerprint density at radius 3 is 2.93 bits per heavy atom. The van der Waals surface area contributed by atoms with Crippen LogP contribution in [0, 0.1) is 6.92 Å². The molecule has 0 aliphatic carbocycles. The van der Waals surface area contributed by atoms with Crippen LogP contribution in [0.1, 0.15) is 48.3 Å². The number of nitrogens with zero attached hydrogens (tertiary/aromatic N) is 3. The number of esters is 1. The molecule has 152 valence electrons. The lowest BCUT2D eigenvalue weighted by Crippen LogP contribution is -2.28. The van der Waals surface area contributed by atoms with Crippen LogP contribution in [0.25, 0.3) is 22.4 Å². The van der Waals surface area contributed by atoms with Gasteiger partial charge in [0.15, 0.2) is 5.76 Å². The van der Waals surface area contributed by atoms with Crippen LogP contribution < -0.4 is 0 Å². The van der Waals surface area contributed by atoms with E-state index in [1.54, 1.807) is 13.8 Å². The largest absolute Gasteiger partial charge is 0.462 e. The molecule has 1 atom stereocenters. The highest BCUT2D eigenvalue weighted by Crippen LogP contribution is 2.28. The number of fused-ring (bicyclic) bond motifs is 1. The van der Waals surface area contributed by atoms with Crippen LogP contribution in [-0.4, -0.2) is 46.7 Å². The molecule has 2 aromatic heterocycles. The Morgan fingerprint density at radius 2 is 2.17 bits per heavy atom. The highest BCUT2D eigenvalue weighted by atomic mass is 16.5. The number of ether oxygens (including phenoxy) is 1. The van der Waals surface area contributed by atoms with E-state index in [2.05, 4.69) is 29.1 Å². The predicted molar refractivity (Wildman–Crippen MR) is 112 cm³/mol. The first-order valence-corrected chi connectivity index (χ1v) is 10.3. The second-order valence-corrected chi connectivity index (χ2v) is 7.69. The van der Waals surface area contributed by atoms with Crippen molar-refractivity contribution >= 4 is 16.9 Å². The maximum Gasteiger partial charge on any atom is 0.344 e. The van der Waals surface area contributed by atoms with Gasteiger partial charge >= 0.3 is 5.97 Å². The Hall–Kier alpha value is -2.73. The smallest absolute Gasteiger partial charge is 0.344 e. The van der Waals surface area contributed by atoms with Gasteiger partial charge in [0.1, 0.15) is 11.3 Å². The fourth-order valence-corrected chi connectivity index (χ4v) is 4.04. The lowest BCUT2D eigenvalue weighted by Gasteiger charge is -2.20. The van der Waals surface area contributed by atoms with Gasteiger partial charge in [-0.05, 0) is 70.3 Å². The summed E-state index contributed by atoms with van der Waals surface area (Å²) < 4.78 is 10.5. The first-order chi connectivity index (χ1) is 14.1. The summed E-state index contributed by atoms with van der Waals surface area (Å²) in [7, 11) is 0. The highest BCUT2D eigenvalue weighted by molar-refractivity contribution is 5.97. The van der Waals surface area contributed by atoms with Gasteiger partial charge in [-0.15, -0.1) is 0 Å². The van der Waals surface area contributed by atoms with Crippen LogP contribution >= 0.6 is 0 Å². The molecule has 0 N–H and O–H groups in total. The lowest BCUT2D eigenvalue weighted by atomic mass is 10.1. The topological polar surface area (TPSA) is 68.5 Å². The third kappa shape index (κ3) is 4.03. The molecular formula is C23H27N3O3. The summed E-state index contributed by atoms with van der Waals surface area (Å²) in [5.74, 6) is -0.0791. The first-order valence-electron chi connectivity index (χ1n) is 10.3. The number of hydrogen-bond acceptors (Lipinski definition) is 6. The zero-order valence-electron chi connectivity index (χ0n) is 17.3. The monoisotopic (exact) mass is 393 g/mol. The Kier molecular flexibility index (Phi) is 5.62. The fourth-order valence-electron chi connectivity index (χ4n) is 4.04. The number of likely N-dealkylation sites (tertiary alicyclic amines) is 1. The number of benzene rings is 1. The van der Waals surface area contributed by atoms with Crippen LogP contribution in [0.3, 0.4) is 0 Å². The van der Waals surface area contributed by atoms with E-state index in [0.717, 1.165) is 23.9 Å². The Balaban J connectivity index is 1.57. The maximum absolute atomic E-state index is 12.3. The Morgan fingerprint density at radius 1 is 1.31 bits per heavy atom. The van der Waals surface area contributed by atoms with Crippen molar-refractivity contribution in [3.8, 4) is 11.5 Å². The highest BCUT2D eigenvalue weighted by Gasteiger charge is 2.24. The molecule has 0 bridgehead atoms. The average Bonchev–Trinajstić information content (AvgIpc) is 3.31. The molecule has 1 aromatic carbocycles. The molecule has 1 aliphatic rings. The first kappa shape index (κ1) is 19.6. The molecule has 0 amide bonds. The van der Waals surface area contributed by atoms with Crippen molar-refractivity contribution in [1.29, 1.82) is 0 Å². The van der Waals surface area contributed by atoms with Crippen molar-refractivity contribution in [2.45, 2.75) is 46.1 Å². The van der Waals surface area contributed by atoms with Crippen LogP contribution in [0.2, 0.25) is 0 Å². The summed E-state index contributed by atoms with van der Waals surface area (Å²) in [4.78, 5) is 19.5. The van der Waals surface area contributed by atoms with E-state index in [0.29, 0.717) is 35.4 Å². The maximum atomic E-state index is 12.3. The van der Waals surface area contributed by atoms with Gasteiger partial charge < -0.3 is 14.2 Å². The predicted octanol–water partition coefficient (Wildman–Crippen LogP) is 4.40. The van der Waals surface area contributed by atoms with E-state index in [4.69, 9.17) is 14.2 Å². The summed E-state index contributed by atoms with van der Waals surface area (Å²) in [6.45, 7) is 8.42. The van der Waals surface area contributed by atoms with E-state index in [1.807, 2.05) is 18.2 Å². The molecule has 4 rings (SSSR count). The van der Waals surface area contributed by atoms with Gasteiger partial charge in [-0.2, -0.15) is 0 Å². The van der Waals surface area contributed by atoms with E-state index in [1.165, 1.54) is 24.9 Å². The average molecular weight is 393 g/mol. The second-order valence-electron chi connectivity index (χ2n) is 7.69. The number of aromatic nitrogens is 2. The second kappa shape index (κ2) is 8.33. The number of aryl methyl sites for hydroxylation is 1. The fraction of sp³-hybridized carbons (Fsp3) is 0.435. The molecule has 6 heteroatoms. The van der Waals surface area contributed by atoms with Crippen LogP contribution in [0.4, 0.5) is 0 Å². The summed E-state index contributed by atoms with van der Waals surface area (Å²) in [5, 5.41) is 5.02. The molecule has 0 saturated carbocycles. The van der Waals surface area contributed by atoms with Crippen LogP contribution in [0.15, 0.2) is 34.9 Å². The minimum absolute atomic E-state index is 0.299. The molecule has 3 heterocycles. The Labute approximate surface area is 170 Å². The molecule has 1 fully saturated rings. The Bertz CT molecular complexity index is 1030. The molecule has 0 unspecified atom stereocenters. The summed E-state index contributed by atoms with van der Waals surface area (Å²) in [6.07, 6.45) is 3.65. The van der Waals surface area contributed by atoms with E-state index >= 15 is 0 Å². The normalized spacial score (nSPS) is 17.1. The lowest BCUT2D eigenvalue weighted by molar-refractivity contribution is 0.0526. The van der Waals surface area contributed by atoms with Crippen molar-refractivity contribution in [3.05, 3.63) is 47.2 Å². The van der Waals surface area contributed by atoms with Gasteiger partial charge in [0.05, 0.1) is 17.8 Å². The van der Waals surface area contributed by atoms with Crippen molar-refractivity contribution < 1.29 is 14.1 Å². The standard InChI is InChI=1S/C23H27N3O3/c1-4-28-23(27)21-16(3)25-29-22(21)20-10-8-18-14-17(7-9-19(18)24-20)11-13-26-12-5-6-15(26)2/h7-10,14-15H,4-6,11-13H2,1-3H3/t15-/m0/s1. The van der Waals surface area contributed by atoms with E-state index in [9.17, 15) is 4.79 Å². The van der Waals surface area contributed by atoms with Crippen LogP contribution in [0.5, 0.6) is 0 Å². The van der Waals surface area contributed by atoms with Gasteiger partial charge in [-0.3, -0.25) is 0 Å². The summed E-state index contributed by atoms with van der Waals surface area (Å²) >= 11 is 0. The van der Waals surface area contributed by atoms with Crippen molar-refractivity contribution in [3.63, 3.8) is 0 Å². The van der Waals surface area contributed by atoms with E-state index in [-0.39, 0.29) is 0 Å². The molecule has 6 nitrogen and oxygen atoms in total. The van der Waals surface area contributed by atoms with Gasteiger partial charge in [-0.1, -0.05) is 17.3 Å². The zero-order chi connectivity index (χ0) is 20.4. The van der Waals surface area contributed by atoms with Gasteiger partial charge in [0, 0.05) is 18.0 Å². The number of rotatable bonds is 6. The number of pyridine rings is 1. The molecule has 0 radical (unpaired) electrons. The van der Waals surface area contributed by atoms with E-state index < -0.39 is 5.97 Å². The minimum Gasteiger partial charge on any atom is -0.462 e. The van der Waals surface area contributed by atoms with Gasteiger partial charge in [-0.25, -0.2) is 9.78 Å². The molecule has 3 aromatic rings. The zero-order valence-corrected chi connectivity index (χ0v) is 17.3. The van der Waals surface area contributed by atoms with Crippen molar-refractivity contribution in [2.75, 3.05) is 19.7 Å². The SMILES string of the molecule is CCOC(=O)c1c(C)noc1-c1ccc2cc(CCN3CCC[C@@H]3C)ccc2n1. The minimum atomic E-state index is -0.436. The number of carbonyl (C=O) groups is 1. The third-order valence-electron chi connectivity index (χ3n) is 5.71. The number of carbonyl (C=O) groups excluding carboxylic acids is 1. The van der Waals surface area contributed by atoms with Gasteiger partial charge in [0.2, 0.25) is 0 Å².